The fourth-order valence-electron chi connectivity index (χ4n) is 3.11. The van der Waals surface area contributed by atoms with Gasteiger partial charge in [0.05, 0.1) is 26.2 Å². The molecular formula is C19H23BrN3O2+. The molecule has 1 saturated heterocycles. The number of aryl methyl sites for hydroxylation is 1. The van der Waals surface area contributed by atoms with Crippen molar-refractivity contribution in [3.8, 4) is 5.75 Å². The fraction of sp³-hybridized carbons (Fsp3) is 0.316. The minimum absolute atomic E-state index is 0.0542. The van der Waals surface area contributed by atoms with Crippen molar-refractivity contribution in [3.63, 3.8) is 0 Å². The zero-order valence-electron chi connectivity index (χ0n) is 14.3. The normalized spacial score (nSPS) is 15.2. The van der Waals surface area contributed by atoms with Gasteiger partial charge in [-0.1, -0.05) is 15.9 Å². The largest absolute Gasteiger partial charge is 0.508 e. The summed E-state index contributed by atoms with van der Waals surface area (Å²) >= 11 is 3.44. The molecule has 132 valence electrons. The van der Waals surface area contributed by atoms with Crippen LogP contribution in [-0.2, 0) is 4.79 Å². The number of halogens is 1. The molecule has 1 aliphatic heterocycles. The Kier molecular flexibility index (Phi) is 5.60. The maximum atomic E-state index is 12.3. The highest BCUT2D eigenvalue weighted by Gasteiger charge is 2.22. The fourth-order valence-corrected chi connectivity index (χ4v) is 3.59. The first kappa shape index (κ1) is 17.8. The Labute approximate surface area is 156 Å². The molecule has 0 saturated carbocycles. The number of carbonyl (C=O) groups excluding carboxylic acids is 1. The van der Waals surface area contributed by atoms with Crippen molar-refractivity contribution in [3.05, 3.63) is 52.5 Å². The highest BCUT2D eigenvalue weighted by Crippen LogP contribution is 2.20. The first-order chi connectivity index (χ1) is 12.0. The van der Waals surface area contributed by atoms with Crippen molar-refractivity contribution < 1.29 is 14.8 Å². The van der Waals surface area contributed by atoms with Crippen LogP contribution in [0.25, 0.3) is 0 Å². The third-order valence-electron chi connectivity index (χ3n) is 4.56. The molecule has 0 bridgehead atoms. The first-order valence-electron chi connectivity index (χ1n) is 8.45. The van der Waals surface area contributed by atoms with Gasteiger partial charge in [-0.25, -0.2) is 0 Å². The van der Waals surface area contributed by atoms with E-state index in [1.165, 1.54) is 4.90 Å². The third kappa shape index (κ3) is 4.74. The number of hydrogen-bond acceptors (Lipinski definition) is 3. The van der Waals surface area contributed by atoms with Gasteiger partial charge in [0.1, 0.15) is 5.75 Å². The Morgan fingerprint density at radius 1 is 1.20 bits per heavy atom. The molecule has 0 radical (unpaired) electrons. The maximum absolute atomic E-state index is 12.3. The van der Waals surface area contributed by atoms with Crippen LogP contribution in [0, 0.1) is 6.92 Å². The van der Waals surface area contributed by atoms with Crippen LogP contribution in [0.2, 0.25) is 0 Å². The van der Waals surface area contributed by atoms with Gasteiger partial charge in [0, 0.05) is 15.8 Å². The van der Waals surface area contributed by atoms with Crippen molar-refractivity contribution in [1.29, 1.82) is 0 Å². The molecule has 6 heteroatoms. The minimum atomic E-state index is 0.0542. The smallest absolute Gasteiger partial charge is 0.279 e. The second-order valence-corrected chi connectivity index (χ2v) is 7.35. The number of phenolic OH excluding ortho intramolecular Hbond substituents is 1. The van der Waals surface area contributed by atoms with Crippen LogP contribution < -0.4 is 15.1 Å². The van der Waals surface area contributed by atoms with E-state index in [9.17, 15) is 9.90 Å². The summed E-state index contributed by atoms with van der Waals surface area (Å²) < 4.78 is 1.01. The zero-order valence-corrected chi connectivity index (χ0v) is 15.8. The molecule has 0 atom stereocenters. The monoisotopic (exact) mass is 404 g/mol. The summed E-state index contributed by atoms with van der Waals surface area (Å²) in [6.07, 6.45) is 0. The van der Waals surface area contributed by atoms with E-state index in [4.69, 9.17) is 0 Å². The minimum Gasteiger partial charge on any atom is -0.508 e. The predicted octanol–water partition coefficient (Wildman–Crippen LogP) is 1.81. The molecule has 1 fully saturated rings. The lowest BCUT2D eigenvalue weighted by atomic mass is 10.2. The quantitative estimate of drug-likeness (QED) is 0.728. The van der Waals surface area contributed by atoms with E-state index in [2.05, 4.69) is 26.1 Å². The Bertz CT molecular complexity index is 741. The molecule has 2 aromatic carbocycles. The van der Waals surface area contributed by atoms with E-state index in [0.29, 0.717) is 6.54 Å². The number of benzene rings is 2. The summed E-state index contributed by atoms with van der Waals surface area (Å²) in [5.74, 6) is 0.339. The van der Waals surface area contributed by atoms with Gasteiger partial charge in [0.2, 0.25) is 0 Å². The summed E-state index contributed by atoms with van der Waals surface area (Å²) in [5, 5.41) is 12.4. The maximum Gasteiger partial charge on any atom is 0.279 e. The summed E-state index contributed by atoms with van der Waals surface area (Å²) in [5.41, 5.74) is 3.04. The standard InChI is InChI=1S/C19H22BrN3O2/c1-14-12-15(20)2-7-18(14)21-19(25)13-22-8-10-23(11-9-22)16-3-5-17(24)6-4-16/h2-7,12,24H,8-11,13H2,1H3,(H,21,25)/p+1. The number of phenols is 1. The van der Waals surface area contributed by atoms with E-state index in [0.717, 1.165) is 47.6 Å². The molecule has 25 heavy (non-hydrogen) atoms. The number of hydrogen-bond donors (Lipinski definition) is 3. The number of amides is 1. The van der Waals surface area contributed by atoms with E-state index in [1.54, 1.807) is 12.1 Å². The molecule has 1 heterocycles. The molecule has 5 nitrogen and oxygen atoms in total. The molecule has 2 aromatic rings. The molecule has 0 aromatic heterocycles. The van der Waals surface area contributed by atoms with Crippen molar-refractivity contribution in [1.82, 2.24) is 0 Å². The number of nitrogens with zero attached hydrogens (tertiary/aromatic N) is 1. The summed E-state index contributed by atoms with van der Waals surface area (Å²) in [6.45, 7) is 6.14. The van der Waals surface area contributed by atoms with Crippen molar-refractivity contribution >= 4 is 33.2 Å². The molecule has 3 N–H and O–H groups in total. The van der Waals surface area contributed by atoms with Gasteiger partial charge in [0.25, 0.3) is 5.91 Å². The lowest BCUT2D eigenvalue weighted by Gasteiger charge is -2.33. The molecule has 1 amide bonds. The van der Waals surface area contributed by atoms with Crippen molar-refractivity contribution in [2.24, 2.45) is 0 Å². The Balaban J connectivity index is 1.50. The number of anilines is 2. The lowest BCUT2D eigenvalue weighted by Crippen LogP contribution is -3.15. The average molecular weight is 405 g/mol. The predicted molar refractivity (Wildman–Crippen MR) is 103 cm³/mol. The van der Waals surface area contributed by atoms with Crippen LogP contribution in [0.4, 0.5) is 11.4 Å². The lowest BCUT2D eigenvalue weighted by molar-refractivity contribution is -0.892. The third-order valence-corrected chi connectivity index (χ3v) is 5.05. The highest BCUT2D eigenvalue weighted by atomic mass is 79.9. The molecule has 3 rings (SSSR count). The van der Waals surface area contributed by atoms with Crippen LogP contribution in [0.5, 0.6) is 5.75 Å². The van der Waals surface area contributed by atoms with Gasteiger partial charge in [0.15, 0.2) is 6.54 Å². The molecule has 0 unspecified atom stereocenters. The number of rotatable bonds is 4. The first-order valence-corrected chi connectivity index (χ1v) is 9.24. The number of quaternary nitrogens is 1. The van der Waals surface area contributed by atoms with Crippen LogP contribution in [0.1, 0.15) is 5.56 Å². The number of aromatic hydroxyl groups is 1. The number of carbonyl (C=O) groups is 1. The van der Waals surface area contributed by atoms with E-state index in [-0.39, 0.29) is 11.7 Å². The molecule has 0 spiro atoms. The summed E-state index contributed by atoms with van der Waals surface area (Å²) in [4.78, 5) is 15.9. The molecular weight excluding hydrogens is 382 g/mol. The van der Waals surface area contributed by atoms with Gasteiger partial charge >= 0.3 is 0 Å². The van der Waals surface area contributed by atoms with Crippen LogP contribution in [0.3, 0.4) is 0 Å². The number of piperazine rings is 1. The van der Waals surface area contributed by atoms with Crippen LogP contribution in [-0.4, -0.2) is 43.7 Å². The second-order valence-electron chi connectivity index (χ2n) is 6.44. The average Bonchev–Trinajstić information content (AvgIpc) is 2.59. The zero-order chi connectivity index (χ0) is 17.8. The molecule has 1 aliphatic rings. The van der Waals surface area contributed by atoms with E-state index < -0.39 is 0 Å². The van der Waals surface area contributed by atoms with Gasteiger partial charge in [-0.3, -0.25) is 4.79 Å². The summed E-state index contributed by atoms with van der Waals surface area (Å²) in [6, 6.07) is 13.2. The van der Waals surface area contributed by atoms with Crippen LogP contribution >= 0.6 is 15.9 Å². The van der Waals surface area contributed by atoms with Gasteiger partial charge in [-0.05, 0) is 55.0 Å². The topological polar surface area (TPSA) is 57.0 Å². The van der Waals surface area contributed by atoms with Crippen molar-refractivity contribution in [2.45, 2.75) is 6.92 Å². The Morgan fingerprint density at radius 2 is 1.88 bits per heavy atom. The molecule has 0 aliphatic carbocycles. The van der Waals surface area contributed by atoms with Gasteiger partial charge < -0.3 is 20.2 Å². The van der Waals surface area contributed by atoms with Crippen molar-refractivity contribution in [2.75, 3.05) is 42.9 Å². The Morgan fingerprint density at radius 3 is 2.52 bits per heavy atom. The highest BCUT2D eigenvalue weighted by molar-refractivity contribution is 9.10. The second kappa shape index (κ2) is 7.89. The number of nitrogens with one attached hydrogen (secondary N) is 2. The van der Waals surface area contributed by atoms with E-state index in [1.807, 2.05) is 37.3 Å². The summed E-state index contributed by atoms with van der Waals surface area (Å²) in [7, 11) is 0. The van der Waals surface area contributed by atoms with Crippen LogP contribution in [0.15, 0.2) is 46.9 Å². The SMILES string of the molecule is Cc1cc(Br)ccc1NC(=O)C[NH+]1CCN(c2ccc(O)cc2)CC1. The Hall–Kier alpha value is -2.05. The van der Waals surface area contributed by atoms with E-state index >= 15 is 0 Å². The van der Waals surface area contributed by atoms with Gasteiger partial charge in [-0.15, -0.1) is 0 Å². The van der Waals surface area contributed by atoms with Gasteiger partial charge in [-0.2, -0.15) is 0 Å².